The molecule has 1 aromatic rings. The van der Waals surface area contributed by atoms with Crippen LogP contribution < -0.4 is 0 Å². The van der Waals surface area contributed by atoms with Crippen molar-refractivity contribution in [3.05, 3.63) is 35.9 Å². The number of hydrogen-bond donors (Lipinski definition) is 0. The van der Waals surface area contributed by atoms with Gasteiger partial charge in [0.2, 0.25) is 0 Å². The Morgan fingerprint density at radius 2 is 1.50 bits per heavy atom. The molecule has 0 saturated carbocycles. The average molecular weight is 524 g/mol. The number of carbonyl (C=O) groups is 2. The lowest BCUT2D eigenvalue weighted by Gasteiger charge is -2.36. The SMILES string of the molecule is CCCCCCC#CCCCCCCCC(=O)OCC(C(=O)O[C@H]1C[C@H]2CC[C@@H](C1)N2C)c1ccccc1. The Balaban J connectivity index is 1.31. The Morgan fingerprint density at radius 3 is 2.16 bits per heavy atom. The molecular formula is C33H49NO4. The largest absolute Gasteiger partial charge is 0.464 e. The summed E-state index contributed by atoms with van der Waals surface area (Å²) in [7, 11) is 2.18. The maximum absolute atomic E-state index is 13.2. The number of piperidine rings is 1. The van der Waals surface area contributed by atoms with Gasteiger partial charge in [0.15, 0.2) is 0 Å². The van der Waals surface area contributed by atoms with Crippen molar-refractivity contribution < 1.29 is 19.1 Å². The molecule has 0 spiro atoms. The molecule has 0 aliphatic carbocycles. The molecule has 0 N–H and O–H groups in total. The molecule has 2 fully saturated rings. The normalized spacial score (nSPS) is 21.4. The molecule has 2 bridgehead atoms. The lowest BCUT2D eigenvalue weighted by Crippen LogP contribution is -2.44. The third-order valence-corrected chi connectivity index (χ3v) is 8.20. The first-order valence-electron chi connectivity index (χ1n) is 15.2. The van der Waals surface area contributed by atoms with Crippen molar-refractivity contribution in [2.24, 2.45) is 0 Å². The van der Waals surface area contributed by atoms with E-state index in [0.717, 1.165) is 63.4 Å². The van der Waals surface area contributed by atoms with Crippen molar-refractivity contribution in [3.8, 4) is 11.8 Å². The summed E-state index contributed by atoms with van der Waals surface area (Å²) in [6.07, 6.45) is 16.9. The van der Waals surface area contributed by atoms with E-state index in [1.54, 1.807) is 0 Å². The number of unbranched alkanes of at least 4 members (excludes halogenated alkanes) is 9. The molecule has 0 aromatic heterocycles. The van der Waals surface area contributed by atoms with E-state index in [9.17, 15) is 9.59 Å². The predicted molar refractivity (Wildman–Crippen MR) is 153 cm³/mol. The van der Waals surface area contributed by atoms with Crippen LogP contribution in [0.15, 0.2) is 30.3 Å². The van der Waals surface area contributed by atoms with Gasteiger partial charge in [-0.2, -0.15) is 0 Å². The number of nitrogens with zero attached hydrogens (tertiary/aromatic N) is 1. The van der Waals surface area contributed by atoms with Crippen LogP contribution in [0, 0.1) is 11.8 Å². The smallest absolute Gasteiger partial charge is 0.317 e. The third kappa shape index (κ3) is 10.4. The first kappa shape index (κ1) is 30.2. The Hall–Kier alpha value is -2.32. The van der Waals surface area contributed by atoms with Crippen molar-refractivity contribution in [1.82, 2.24) is 4.90 Å². The fourth-order valence-electron chi connectivity index (χ4n) is 5.77. The van der Waals surface area contributed by atoms with Gasteiger partial charge in [-0.15, -0.1) is 11.8 Å². The van der Waals surface area contributed by atoms with Crippen LogP contribution in [0.3, 0.4) is 0 Å². The summed E-state index contributed by atoms with van der Waals surface area (Å²) in [6.45, 7) is 2.27. The summed E-state index contributed by atoms with van der Waals surface area (Å²) in [6, 6.07) is 10.6. The zero-order valence-corrected chi connectivity index (χ0v) is 23.8. The Labute approximate surface area is 231 Å². The van der Waals surface area contributed by atoms with Crippen LogP contribution in [-0.2, 0) is 19.1 Å². The number of ether oxygens (including phenoxy) is 2. The summed E-state index contributed by atoms with van der Waals surface area (Å²) in [4.78, 5) is 28.0. The number of carbonyl (C=O) groups excluding carboxylic acids is 2. The van der Waals surface area contributed by atoms with Crippen LogP contribution in [0.2, 0.25) is 0 Å². The molecule has 5 heteroatoms. The van der Waals surface area contributed by atoms with E-state index < -0.39 is 5.92 Å². The second-order valence-electron chi connectivity index (χ2n) is 11.2. The maximum Gasteiger partial charge on any atom is 0.317 e. The lowest BCUT2D eigenvalue weighted by molar-refractivity contribution is -0.158. The molecular weight excluding hydrogens is 474 g/mol. The van der Waals surface area contributed by atoms with Gasteiger partial charge in [0, 0.05) is 31.3 Å². The number of benzene rings is 1. The molecule has 5 nitrogen and oxygen atoms in total. The fraction of sp³-hybridized carbons (Fsp3) is 0.697. The van der Waals surface area contributed by atoms with E-state index in [0.29, 0.717) is 18.5 Å². The minimum absolute atomic E-state index is 0.0400. The number of rotatable bonds is 16. The molecule has 0 radical (unpaired) electrons. The number of hydrogen-bond acceptors (Lipinski definition) is 5. The summed E-state index contributed by atoms with van der Waals surface area (Å²) < 4.78 is 11.6. The molecule has 2 saturated heterocycles. The van der Waals surface area contributed by atoms with Gasteiger partial charge in [0.1, 0.15) is 18.6 Å². The quantitative estimate of drug-likeness (QED) is 0.130. The second-order valence-corrected chi connectivity index (χ2v) is 11.2. The molecule has 38 heavy (non-hydrogen) atoms. The summed E-state index contributed by atoms with van der Waals surface area (Å²) in [5.41, 5.74) is 0.838. The van der Waals surface area contributed by atoms with Gasteiger partial charge in [-0.1, -0.05) is 75.8 Å². The Kier molecular flexibility index (Phi) is 13.8. The van der Waals surface area contributed by atoms with Crippen molar-refractivity contribution in [2.45, 2.75) is 134 Å². The van der Waals surface area contributed by atoms with Crippen molar-refractivity contribution in [3.63, 3.8) is 0 Å². The van der Waals surface area contributed by atoms with E-state index >= 15 is 0 Å². The van der Waals surface area contributed by atoms with Gasteiger partial charge in [0.05, 0.1) is 0 Å². The highest BCUT2D eigenvalue weighted by molar-refractivity contribution is 5.79. The molecule has 1 unspecified atom stereocenters. The van der Waals surface area contributed by atoms with Crippen LogP contribution in [0.1, 0.15) is 121 Å². The standard InChI is InChI=1S/C33H49NO4/c1-3-4-5-6-7-8-9-10-11-12-13-14-18-21-32(35)37-26-31(27-19-16-15-17-20-27)33(36)38-30-24-28-22-23-29(25-30)34(28)2/h15-17,19-20,28-31H,3-7,10-14,18,21-26H2,1-2H3/t28-,29+,30+,31?. The summed E-state index contributed by atoms with van der Waals surface area (Å²) in [5.74, 6) is 5.50. The van der Waals surface area contributed by atoms with Gasteiger partial charge in [-0.05, 0) is 57.6 Å². The van der Waals surface area contributed by atoms with E-state index in [4.69, 9.17) is 9.47 Å². The molecule has 1 aromatic carbocycles. The Bertz CT molecular complexity index is 875. The third-order valence-electron chi connectivity index (χ3n) is 8.20. The molecule has 2 aliphatic rings. The van der Waals surface area contributed by atoms with Gasteiger partial charge < -0.3 is 14.4 Å². The predicted octanol–water partition coefficient (Wildman–Crippen LogP) is 7.19. The van der Waals surface area contributed by atoms with Gasteiger partial charge >= 0.3 is 11.9 Å². The minimum atomic E-state index is -0.579. The molecule has 4 atom stereocenters. The number of fused-ring (bicyclic) bond motifs is 2. The monoisotopic (exact) mass is 523 g/mol. The van der Waals surface area contributed by atoms with Crippen LogP contribution >= 0.6 is 0 Å². The Morgan fingerprint density at radius 1 is 0.895 bits per heavy atom. The van der Waals surface area contributed by atoms with Gasteiger partial charge in [-0.25, -0.2) is 0 Å². The summed E-state index contributed by atoms with van der Waals surface area (Å²) >= 11 is 0. The number of esters is 2. The van der Waals surface area contributed by atoms with E-state index in [1.807, 2.05) is 30.3 Å². The highest BCUT2D eigenvalue weighted by atomic mass is 16.6. The highest BCUT2D eigenvalue weighted by Gasteiger charge is 2.40. The van der Waals surface area contributed by atoms with E-state index in [1.165, 1.54) is 38.5 Å². The van der Waals surface area contributed by atoms with Crippen LogP contribution in [0.5, 0.6) is 0 Å². The van der Waals surface area contributed by atoms with Gasteiger partial charge in [-0.3, -0.25) is 9.59 Å². The zero-order valence-electron chi connectivity index (χ0n) is 23.8. The molecule has 2 heterocycles. The van der Waals surface area contributed by atoms with Crippen LogP contribution in [0.4, 0.5) is 0 Å². The van der Waals surface area contributed by atoms with Crippen molar-refractivity contribution >= 4 is 11.9 Å². The van der Waals surface area contributed by atoms with Gasteiger partial charge in [0.25, 0.3) is 0 Å². The van der Waals surface area contributed by atoms with Crippen molar-refractivity contribution in [2.75, 3.05) is 13.7 Å². The first-order chi connectivity index (χ1) is 18.6. The highest BCUT2D eigenvalue weighted by Crippen LogP contribution is 2.36. The maximum atomic E-state index is 13.2. The fourth-order valence-corrected chi connectivity index (χ4v) is 5.77. The minimum Gasteiger partial charge on any atom is -0.464 e. The average Bonchev–Trinajstić information content (AvgIpc) is 3.11. The summed E-state index contributed by atoms with van der Waals surface area (Å²) in [5, 5.41) is 0. The molecule has 210 valence electrons. The van der Waals surface area contributed by atoms with E-state index in [2.05, 4.69) is 30.7 Å². The first-order valence-corrected chi connectivity index (χ1v) is 15.2. The van der Waals surface area contributed by atoms with E-state index in [-0.39, 0.29) is 24.6 Å². The van der Waals surface area contributed by atoms with Crippen molar-refractivity contribution in [1.29, 1.82) is 0 Å². The molecule has 0 amide bonds. The van der Waals surface area contributed by atoms with Crippen LogP contribution in [-0.4, -0.2) is 48.7 Å². The lowest BCUT2D eigenvalue weighted by atomic mass is 9.98. The second kappa shape index (κ2) is 17.3. The molecule has 2 aliphatic heterocycles. The zero-order chi connectivity index (χ0) is 27.0. The topological polar surface area (TPSA) is 55.8 Å². The van der Waals surface area contributed by atoms with Crippen LogP contribution in [0.25, 0.3) is 0 Å². The molecule has 3 rings (SSSR count).